The number of benzene rings is 7. The van der Waals surface area contributed by atoms with E-state index in [1.54, 1.807) is 115 Å². The van der Waals surface area contributed by atoms with Crippen LogP contribution < -0.4 is 32.4 Å². The van der Waals surface area contributed by atoms with Crippen molar-refractivity contribution in [1.82, 2.24) is 0 Å². The van der Waals surface area contributed by atoms with E-state index < -0.39 is 84.3 Å². The lowest BCUT2D eigenvalue weighted by molar-refractivity contribution is -0.144. The number of aromatic hydroxyl groups is 1. The van der Waals surface area contributed by atoms with E-state index in [-0.39, 0.29) is 36.6 Å². The molecule has 0 radical (unpaired) electrons. The van der Waals surface area contributed by atoms with E-state index in [4.69, 9.17) is 107 Å². The molecular weight excluding hydrogens is 1490 g/mol. The number of rotatable bonds is 20. The molecule has 0 heterocycles. The van der Waals surface area contributed by atoms with Crippen molar-refractivity contribution in [3.05, 3.63) is 232 Å². The second-order valence-electron chi connectivity index (χ2n) is 18.1. The van der Waals surface area contributed by atoms with Crippen LogP contribution in [0.1, 0.15) is 49.4 Å². The number of phenolic OH excluding ortho intramolecular Hbond substituents is 1. The van der Waals surface area contributed by atoms with Gasteiger partial charge in [-0.15, -0.1) is 0 Å². The summed E-state index contributed by atoms with van der Waals surface area (Å²) in [6.45, 7) is -0.291. The Morgan fingerprint density at radius 2 is 0.946 bits per heavy atom. The molecule has 30 heteroatoms. The standard InChI is InChI=1S/2C9H10ClNO2.C9H10FNO2.C9H8O3.C8H7IO3.C8H8O3.C7H5IO2.C4H7NO4/c10-7-3-1-6(2-4-7)5-8(11)9(12)13;10-7-4-2-1-3-6(7)5-8(11)9(12)13;10-7-3-1-2-6(4-7)5-8(11)9(12)13;10-8-4-1-7(2-5-8)3-6-9(11)12;9-6-1-3-7(4-2-6)12-5-8(10)11;1-11-7-4-2-6(3-5-7)8(9)10;8-6-3-1-5(2-4-6)7(9)10;5-2(4(8)9)1-3(6)7/h3*1-4,8H,5,11H2,(H,12,13);1-6,10H,(H,11,12);1-4H,5H2,(H,10,11);2-5H,1H3,(H,9,10);1-4H,(H,9,10);2H,1,5H2,(H,6,7)(H,8,9). The summed E-state index contributed by atoms with van der Waals surface area (Å²) in [5, 5.41) is 85.3. The first-order valence-corrected chi connectivity index (χ1v) is 29.1. The molecule has 0 amide bonds. The van der Waals surface area contributed by atoms with Gasteiger partial charge in [-0.1, -0.05) is 77.8 Å². The fourth-order valence-corrected chi connectivity index (χ4v) is 7.04. The van der Waals surface area contributed by atoms with Gasteiger partial charge < -0.3 is 83.5 Å². The molecule has 4 atom stereocenters. The topological polar surface area (TPSA) is 478 Å². The molecule has 498 valence electrons. The fraction of sp³-hybridized carbons (Fsp3) is 0.159. The van der Waals surface area contributed by atoms with E-state index in [1.807, 2.05) is 12.1 Å². The Bertz CT molecular complexity index is 3500. The normalized spacial score (nSPS) is 11.1. The zero-order chi connectivity index (χ0) is 70.8. The number of aromatic carboxylic acids is 2. The molecule has 0 fully saturated rings. The lowest BCUT2D eigenvalue weighted by Crippen LogP contribution is -2.32. The number of nitrogens with two attached hydrogens (primary N) is 4. The summed E-state index contributed by atoms with van der Waals surface area (Å²) < 4.78 is 24.5. The highest BCUT2D eigenvalue weighted by Crippen LogP contribution is 2.17. The summed E-state index contributed by atoms with van der Waals surface area (Å²) in [6, 6.07) is 42.2. The molecule has 0 spiro atoms. The van der Waals surface area contributed by atoms with Crippen molar-refractivity contribution < 1.29 is 108 Å². The van der Waals surface area contributed by atoms with Crippen LogP contribution in [-0.4, -0.2) is 143 Å². The molecule has 0 aliphatic carbocycles. The number of hydrogen-bond donors (Lipinski definition) is 14. The number of methoxy groups -OCH3 is 1. The first-order chi connectivity index (χ1) is 43.6. The van der Waals surface area contributed by atoms with Crippen LogP contribution >= 0.6 is 68.4 Å². The Morgan fingerprint density at radius 3 is 1.35 bits per heavy atom. The molecular formula is C63H65Cl2FI2N4O21. The van der Waals surface area contributed by atoms with Gasteiger partial charge in [0.15, 0.2) is 6.61 Å². The summed E-state index contributed by atoms with van der Waals surface area (Å²) in [6.07, 6.45) is 2.71. The van der Waals surface area contributed by atoms with Gasteiger partial charge in [-0.05, 0) is 208 Å². The van der Waals surface area contributed by atoms with Gasteiger partial charge in [0, 0.05) is 23.3 Å². The van der Waals surface area contributed by atoms with Gasteiger partial charge >= 0.3 is 53.7 Å². The zero-order valence-electron chi connectivity index (χ0n) is 48.8. The van der Waals surface area contributed by atoms with E-state index in [0.717, 1.165) is 29.9 Å². The number of halogens is 5. The minimum Gasteiger partial charge on any atom is -0.508 e. The van der Waals surface area contributed by atoms with Crippen LogP contribution in [0.4, 0.5) is 4.39 Å². The van der Waals surface area contributed by atoms with Gasteiger partial charge in [0.1, 0.15) is 47.2 Å². The van der Waals surface area contributed by atoms with Crippen LogP contribution in [0.3, 0.4) is 0 Å². The predicted molar refractivity (Wildman–Crippen MR) is 358 cm³/mol. The van der Waals surface area contributed by atoms with Gasteiger partial charge in [0.05, 0.1) is 24.7 Å². The first-order valence-electron chi connectivity index (χ1n) is 26.2. The van der Waals surface area contributed by atoms with Crippen molar-refractivity contribution in [3.63, 3.8) is 0 Å². The molecule has 93 heavy (non-hydrogen) atoms. The minimum atomic E-state index is -1.29. The molecule has 18 N–H and O–H groups in total. The van der Waals surface area contributed by atoms with Crippen LogP contribution in [0.15, 0.2) is 176 Å². The Balaban J connectivity index is 0.00000104. The number of carbonyl (C=O) groups is 9. The number of carboxylic acid groups (broad SMARTS) is 9. The lowest BCUT2D eigenvalue weighted by Gasteiger charge is -2.07. The summed E-state index contributed by atoms with van der Waals surface area (Å²) >= 11 is 15.8. The van der Waals surface area contributed by atoms with Gasteiger partial charge in [0.25, 0.3) is 0 Å². The fourth-order valence-electron chi connectivity index (χ4n) is 5.99. The van der Waals surface area contributed by atoms with E-state index in [2.05, 4.69) is 45.2 Å². The summed E-state index contributed by atoms with van der Waals surface area (Å²) in [7, 11) is 1.54. The quantitative estimate of drug-likeness (QED) is 0.0250. The Morgan fingerprint density at radius 1 is 0.505 bits per heavy atom. The maximum Gasteiger partial charge on any atom is 0.341 e. The third-order valence-electron chi connectivity index (χ3n) is 10.7. The SMILES string of the molecule is COc1ccc(C(=O)O)cc1.NC(CC(=O)O)C(=O)O.NC(Cc1ccc(Cl)cc1)C(=O)O.NC(Cc1cccc(F)c1)C(=O)O.NC(Cc1ccccc1Cl)C(=O)O.O=C(O)C=Cc1ccc(O)cc1.O=C(O)COc1ccc(I)cc1.O=C(O)c1ccc(I)cc1. The zero-order valence-corrected chi connectivity index (χ0v) is 54.7. The minimum absolute atomic E-state index is 0.146. The monoisotopic (exact) mass is 1560 g/mol. The number of ether oxygens (including phenoxy) is 2. The molecule has 0 bridgehead atoms. The van der Waals surface area contributed by atoms with Crippen molar-refractivity contribution in [1.29, 1.82) is 0 Å². The van der Waals surface area contributed by atoms with Crippen LogP contribution in [0.25, 0.3) is 6.08 Å². The van der Waals surface area contributed by atoms with Crippen molar-refractivity contribution >= 4 is 128 Å². The van der Waals surface area contributed by atoms with Crippen molar-refractivity contribution in [2.45, 2.75) is 49.9 Å². The van der Waals surface area contributed by atoms with Crippen LogP contribution in [-0.2, 0) is 52.8 Å². The molecule has 4 unspecified atom stereocenters. The van der Waals surface area contributed by atoms with E-state index in [9.17, 15) is 47.5 Å². The van der Waals surface area contributed by atoms with Gasteiger partial charge in [-0.25, -0.2) is 23.6 Å². The molecule has 25 nitrogen and oxygen atoms in total. The first kappa shape index (κ1) is 83.7. The highest BCUT2D eigenvalue weighted by molar-refractivity contribution is 14.1. The highest BCUT2D eigenvalue weighted by Gasteiger charge is 2.16. The van der Waals surface area contributed by atoms with E-state index >= 15 is 0 Å². The van der Waals surface area contributed by atoms with Crippen LogP contribution in [0.5, 0.6) is 17.2 Å². The lowest BCUT2D eigenvalue weighted by atomic mass is 10.1. The molecule has 7 aromatic rings. The van der Waals surface area contributed by atoms with E-state index in [1.165, 1.54) is 55.7 Å². The molecule has 0 saturated carbocycles. The van der Waals surface area contributed by atoms with Crippen LogP contribution in [0, 0.1) is 13.0 Å². The molecule has 0 saturated heterocycles. The van der Waals surface area contributed by atoms with Gasteiger partial charge in [0.2, 0.25) is 0 Å². The maximum absolute atomic E-state index is 12.6. The third kappa shape index (κ3) is 41.7. The molecule has 7 aromatic carbocycles. The van der Waals surface area contributed by atoms with E-state index in [0.29, 0.717) is 39.1 Å². The number of hydrogen-bond acceptors (Lipinski definition) is 16. The van der Waals surface area contributed by atoms with Crippen molar-refractivity contribution in [2.75, 3.05) is 13.7 Å². The Hall–Kier alpha value is -9.28. The van der Waals surface area contributed by atoms with Crippen molar-refractivity contribution in [3.8, 4) is 17.2 Å². The average molecular weight is 1560 g/mol. The summed E-state index contributed by atoms with van der Waals surface area (Å²) in [4.78, 5) is 91.7. The largest absolute Gasteiger partial charge is 0.508 e. The molecule has 0 aromatic heterocycles. The van der Waals surface area contributed by atoms with Crippen molar-refractivity contribution in [2.24, 2.45) is 22.9 Å². The second kappa shape index (κ2) is 46.7. The Labute approximate surface area is 568 Å². The van der Waals surface area contributed by atoms with Crippen LogP contribution in [0.2, 0.25) is 10.0 Å². The number of carboxylic acids is 9. The van der Waals surface area contributed by atoms with Gasteiger partial charge in [-0.3, -0.25) is 24.0 Å². The number of aliphatic carboxylic acids is 7. The molecule has 0 aliphatic heterocycles. The highest BCUT2D eigenvalue weighted by atomic mass is 127. The number of phenols is 1. The average Bonchev–Trinajstić information content (AvgIpc) is 2.44. The summed E-state index contributed by atoms with van der Waals surface area (Å²) in [5.41, 5.74) is 24.4. The smallest absolute Gasteiger partial charge is 0.341 e. The molecule has 7 rings (SSSR count). The molecule has 0 aliphatic rings. The third-order valence-corrected chi connectivity index (χ3v) is 12.7. The maximum atomic E-state index is 12.6. The summed E-state index contributed by atoms with van der Waals surface area (Å²) in [5.74, 6) is -8.30. The second-order valence-corrected chi connectivity index (χ2v) is 21.4. The van der Waals surface area contributed by atoms with Gasteiger partial charge in [-0.2, -0.15) is 0 Å². The Kier molecular flexibility index (Phi) is 42.1. The predicted octanol–water partition coefficient (Wildman–Crippen LogP) is 8.87.